The average molecular weight is 168 g/mol. The molecule has 3 nitrogen and oxygen atoms in total. The summed E-state index contributed by atoms with van der Waals surface area (Å²) in [5, 5.41) is 18.9. The SMILES string of the molecule is CCCC(O)CCC(=O)[O-].[Na+]. The largest absolute Gasteiger partial charge is 1.00 e. The van der Waals surface area contributed by atoms with Crippen molar-refractivity contribution in [1.29, 1.82) is 0 Å². The molecular weight excluding hydrogens is 155 g/mol. The van der Waals surface area contributed by atoms with E-state index in [1.165, 1.54) is 0 Å². The maximum absolute atomic E-state index is 9.89. The minimum absolute atomic E-state index is 0. The van der Waals surface area contributed by atoms with Gasteiger partial charge in [-0.2, -0.15) is 0 Å². The molecule has 0 saturated heterocycles. The van der Waals surface area contributed by atoms with E-state index in [9.17, 15) is 9.90 Å². The Bertz CT molecular complexity index is 106. The Balaban J connectivity index is 0. The molecule has 1 atom stereocenters. The van der Waals surface area contributed by atoms with E-state index in [0.29, 0.717) is 12.8 Å². The number of carboxylic acids is 1. The molecule has 60 valence electrons. The molecule has 11 heavy (non-hydrogen) atoms. The number of rotatable bonds is 5. The summed E-state index contributed by atoms with van der Waals surface area (Å²) in [4.78, 5) is 9.89. The van der Waals surface area contributed by atoms with Crippen LogP contribution >= 0.6 is 0 Å². The van der Waals surface area contributed by atoms with E-state index in [1.54, 1.807) is 0 Å². The van der Waals surface area contributed by atoms with Crippen molar-refractivity contribution in [2.75, 3.05) is 0 Å². The van der Waals surface area contributed by atoms with Crippen molar-refractivity contribution in [3.63, 3.8) is 0 Å². The monoisotopic (exact) mass is 168 g/mol. The summed E-state index contributed by atoms with van der Waals surface area (Å²) in [5.74, 6) is -1.09. The Morgan fingerprint density at radius 2 is 2.09 bits per heavy atom. The van der Waals surface area contributed by atoms with Gasteiger partial charge in [-0.05, 0) is 19.3 Å². The van der Waals surface area contributed by atoms with Crippen LogP contribution in [0.2, 0.25) is 0 Å². The zero-order valence-corrected chi connectivity index (χ0v) is 9.17. The molecule has 4 heteroatoms. The summed E-state index contributed by atoms with van der Waals surface area (Å²) >= 11 is 0. The Hall–Kier alpha value is 0.430. The van der Waals surface area contributed by atoms with Gasteiger partial charge in [-0.3, -0.25) is 0 Å². The van der Waals surface area contributed by atoms with Gasteiger partial charge in [-0.1, -0.05) is 13.3 Å². The molecule has 0 aromatic rings. The molecule has 0 rings (SSSR count). The predicted molar refractivity (Wildman–Crippen MR) is 35.2 cm³/mol. The molecule has 0 heterocycles. The third-order valence-corrected chi connectivity index (χ3v) is 1.30. The van der Waals surface area contributed by atoms with Gasteiger partial charge >= 0.3 is 29.6 Å². The van der Waals surface area contributed by atoms with Gasteiger partial charge in [0.15, 0.2) is 0 Å². The third-order valence-electron chi connectivity index (χ3n) is 1.30. The van der Waals surface area contributed by atoms with Crippen molar-refractivity contribution < 1.29 is 44.6 Å². The van der Waals surface area contributed by atoms with Crippen LogP contribution in [-0.2, 0) is 4.79 Å². The van der Waals surface area contributed by atoms with Crippen LogP contribution in [-0.4, -0.2) is 17.2 Å². The molecule has 0 spiro atoms. The van der Waals surface area contributed by atoms with Crippen LogP contribution < -0.4 is 34.7 Å². The van der Waals surface area contributed by atoms with Crippen LogP contribution in [0.5, 0.6) is 0 Å². The number of carbonyl (C=O) groups excluding carboxylic acids is 1. The summed E-state index contributed by atoms with van der Waals surface area (Å²) in [6, 6.07) is 0. The van der Waals surface area contributed by atoms with E-state index in [1.807, 2.05) is 6.92 Å². The summed E-state index contributed by atoms with van der Waals surface area (Å²) in [5.41, 5.74) is 0. The quantitative estimate of drug-likeness (QED) is 0.437. The Kier molecular flexibility index (Phi) is 10.8. The molecule has 0 bridgehead atoms. The van der Waals surface area contributed by atoms with E-state index in [4.69, 9.17) is 5.11 Å². The zero-order valence-electron chi connectivity index (χ0n) is 7.17. The van der Waals surface area contributed by atoms with Crippen LogP contribution in [0.4, 0.5) is 0 Å². The number of hydrogen-bond acceptors (Lipinski definition) is 3. The standard InChI is InChI=1S/C7H14O3.Na/c1-2-3-6(8)4-5-7(9)10;/h6,8H,2-5H2,1H3,(H,9,10);/q;+1/p-1. The number of aliphatic carboxylic acids is 1. The first-order valence-corrected chi connectivity index (χ1v) is 3.54. The van der Waals surface area contributed by atoms with Crippen molar-refractivity contribution >= 4 is 5.97 Å². The van der Waals surface area contributed by atoms with Gasteiger partial charge in [-0.25, -0.2) is 0 Å². The number of aliphatic hydroxyl groups is 1. The van der Waals surface area contributed by atoms with Gasteiger partial charge in [0, 0.05) is 5.97 Å². The van der Waals surface area contributed by atoms with E-state index < -0.39 is 12.1 Å². The third kappa shape index (κ3) is 10.4. The zero-order chi connectivity index (χ0) is 7.98. The van der Waals surface area contributed by atoms with Gasteiger partial charge in [0.1, 0.15) is 0 Å². The maximum atomic E-state index is 9.89. The van der Waals surface area contributed by atoms with Crippen molar-refractivity contribution in [3.05, 3.63) is 0 Å². The van der Waals surface area contributed by atoms with Crippen LogP contribution in [0.1, 0.15) is 32.6 Å². The minimum Gasteiger partial charge on any atom is -0.550 e. The van der Waals surface area contributed by atoms with Crippen LogP contribution in [0, 0.1) is 0 Å². The number of carboxylic acid groups (broad SMARTS) is 1. The van der Waals surface area contributed by atoms with Crippen molar-refractivity contribution in [2.45, 2.75) is 38.7 Å². The van der Waals surface area contributed by atoms with Crippen LogP contribution in [0.25, 0.3) is 0 Å². The molecule has 0 aromatic heterocycles. The maximum Gasteiger partial charge on any atom is 1.00 e. The topological polar surface area (TPSA) is 60.4 Å². The number of aliphatic hydroxyl groups excluding tert-OH is 1. The van der Waals surface area contributed by atoms with Crippen molar-refractivity contribution in [3.8, 4) is 0 Å². The first kappa shape index (κ1) is 14.0. The first-order chi connectivity index (χ1) is 4.66. The van der Waals surface area contributed by atoms with Gasteiger partial charge in [0.2, 0.25) is 0 Å². The van der Waals surface area contributed by atoms with E-state index in [0.717, 1.165) is 6.42 Å². The molecule has 0 aliphatic heterocycles. The molecule has 0 aromatic carbocycles. The second kappa shape index (κ2) is 8.53. The first-order valence-electron chi connectivity index (χ1n) is 3.54. The molecular formula is C7H13NaO3. The summed E-state index contributed by atoms with van der Waals surface area (Å²) in [6.07, 6.45) is 1.36. The molecule has 0 saturated carbocycles. The molecule has 0 aliphatic carbocycles. The van der Waals surface area contributed by atoms with Crippen molar-refractivity contribution in [2.24, 2.45) is 0 Å². The fourth-order valence-electron chi connectivity index (χ4n) is 0.762. The molecule has 0 aliphatic rings. The van der Waals surface area contributed by atoms with E-state index in [2.05, 4.69) is 0 Å². The molecule has 0 fully saturated rings. The molecule has 1 unspecified atom stereocenters. The summed E-state index contributed by atoms with van der Waals surface area (Å²) in [7, 11) is 0. The fourth-order valence-corrected chi connectivity index (χ4v) is 0.762. The van der Waals surface area contributed by atoms with Crippen molar-refractivity contribution in [1.82, 2.24) is 0 Å². The number of hydrogen-bond donors (Lipinski definition) is 1. The van der Waals surface area contributed by atoms with E-state index in [-0.39, 0.29) is 36.0 Å². The van der Waals surface area contributed by atoms with Crippen LogP contribution in [0.15, 0.2) is 0 Å². The fraction of sp³-hybridized carbons (Fsp3) is 0.857. The van der Waals surface area contributed by atoms with Gasteiger partial charge < -0.3 is 15.0 Å². The normalized spacial score (nSPS) is 11.8. The summed E-state index contributed by atoms with van der Waals surface area (Å²) in [6.45, 7) is 1.95. The second-order valence-corrected chi connectivity index (χ2v) is 2.35. The average Bonchev–Trinajstić information content (AvgIpc) is 1.85. The molecule has 0 radical (unpaired) electrons. The second-order valence-electron chi connectivity index (χ2n) is 2.35. The van der Waals surface area contributed by atoms with Crippen LogP contribution in [0.3, 0.4) is 0 Å². The smallest absolute Gasteiger partial charge is 0.550 e. The molecule has 0 amide bonds. The van der Waals surface area contributed by atoms with Gasteiger partial charge in [-0.15, -0.1) is 0 Å². The summed E-state index contributed by atoms with van der Waals surface area (Å²) < 4.78 is 0. The Labute approximate surface area is 89.1 Å². The predicted octanol–water partition coefficient (Wildman–Crippen LogP) is -3.32. The van der Waals surface area contributed by atoms with Gasteiger partial charge in [0.25, 0.3) is 0 Å². The Morgan fingerprint density at radius 3 is 2.45 bits per heavy atom. The minimum atomic E-state index is -1.09. The van der Waals surface area contributed by atoms with E-state index >= 15 is 0 Å². The molecule has 1 N–H and O–H groups in total. The van der Waals surface area contributed by atoms with Gasteiger partial charge in [0.05, 0.1) is 6.10 Å². The number of carbonyl (C=O) groups is 1. The Morgan fingerprint density at radius 1 is 1.55 bits per heavy atom.